The van der Waals surface area contributed by atoms with Gasteiger partial charge in [-0.3, -0.25) is 0 Å². The lowest BCUT2D eigenvalue weighted by Crippen LogP contribution is -2.10. The van der Waals surface area contributed by atoms with E-state index < -0.39 is 0 Å². The maximum Gasteiger partial charge on any atom is 0.0547 e. The molecule has 0 radical (unpaired) electrons. The van der Waals surface area contributed by atoms with Crippen molar-refractivity contribution < 1.29 is 0 Å². The van der Waals surface area contributed by atoms with E-state index in [0.29, 0.717) is 0 Å². The molecule has 1 heterocycles. The van der Waals surface area contributed by atoms with Crippen LogP contribution in [0.1, 0.15) is 0 Å². The van der Waals surface area contributed by atoms with Gasteiger partial charge >= 0.3 is 0 Å². The van der Waals surface area contributed by atoms with Crippen LogP contribution in [0.2, 0.25) is 0 Å². The van der Waals surface area contributed by atoms with Crippen LogP contribution in [0.3, 0.4) is 0 Å². The first-order valence-electron chi connectivity index (χ1n) is 23.4. The third kappa shape index (κ3) is 6.65. The molecule has 0 fully saturated rings. The average Bonchev–Trinajstić information content (AvgIpc) is 3.76. The van der Waals surface area contributed by atoms with Crippen LogP contribution < -0.4 is 4.90 Å². The van der Waals surface area contributed by atoms with Crippen molar-refractivity contribution in [3.63, 3.8) is 0 Å². The van der Waals surface area contributed by atoms with Crippen molar-refractivity contribution in [3.05, 3.63) is 267 Å². The highest BCUT2D eigenvalue weighted by Gasteiger charge is 2.22. The number of para-hydroxylation sites is 2. The summed E-state index contributed by atoms with van der Waals surface area (Å²) in [6, 6.07) is 97.6. The molecule has 0 spiro atoms. The number of nitrogens with zero attached hydrogens (tertiary/aromatic N) is 2. The summed E-state index contributed by atoms with van der Waals surface area (Å²) >= 11 is 0. The normalized spacial score (nSPS) is 11.5. The number of rotatable bonds is 8. The van der Waals surface area contributed by atoms with E-state index in [9.17, 15) is 0 Å². The Morgan fingerprint density at radius 2 is 0.794 bits per heavy atom. The van der Waals surface area contributed by atoms with Gasteiger partial charge in [0.15, 0.2) is 0 Å². The summed E-state index contributed by atoms with van der Waals surface area (Å²) in [6.07, 6.45) is 0. The van der Waals surface area contributed by atoms with Crippen molar-refractivity contribution in [3.8, 4) is 50.2 Å². The van der Waals surface area contributed by atoms with Gasteiger partial charge < -0.3 is 9.47 Å². The van der Waals surface area contributed by atoms with Gasteiger partial charge in [-0.05, 0) is 144 Å². The molecule has 0 amide bonds. The average molecular weight is 865 g/mol. The van der Waals surface area contributed by atoms with Crippen molar-refractivity contribution in [1.82, 2.24) is 4.57 Å². The number of aromatic nitrogens is 1. The van der Waals surface area contributed by atoms with E-state index in [2.05, 4.69) is 276 Å². The second-order valence-corrected chi connectivity index (χ2v) is 17.6. The van der Waals surface area contributed by atoms with Crippen molar-refractivity contribution in [2.24, 2.45) is 0 Å². The van der Waals surface area contributed by atoms with Gasteiger partial charge in [0.05, 0.1) is 11.0 Å². The highest BCUT2D eigenvalue weighted by atomic mass is 15.1. The summed E-state index contributed by atoms with van der Waals surface area (Å²) < 4.78 is 2.39. The summed E-state index contributed by atoms with van der Waals surface area (Å²) in [5.74, 6) is 0. The molecule has 0 saturated carbocycles. The van der Waals surface area contributed by atoms with Crippen LogP contribution in [0.4, 0.5) is 17.1 Å². The quantitative estimate of drug-likeness (QED) is 0.138. The standard InChI is InChI=1S/C66H44N2/c1-4-19-47(20-5-1)64-59-29-13-12-28-57(59)58-41-40-55(44-61(58)65(64)48-21-6-2-7-22-48)67(54-27-16-24-50(43-54)51-35-34-45-18-10-11-23-49(45)42-51)53-38-36-46(37-39-53)56-31-17-33-63-66(56)60-30-14-15-32-62(60)68(63)52-25-8-3-9-26-52/h1-44H. The summed E-state index contributed by atoms with van der Waals surface area (Å²) in [4.78, 5) is 2.43. The lowest BCUT2D eigenvalue weighted by molar-refractivity contribution is 1.18. The van der Waals surface area contributed by atoms with E-state index in [1.807, 2.05) is 0 Å². The molecule has 318 valence electrons. The zero-order valence-electron chi connectivity index (χ0n) is 37.3. The molecule has 0 atom stereocenters. The molecule has 0 bridgehead atoms. The zero-order valence-corrected chi connectivity index (χ0v) is 37.3. The Morgan fingerprint density at radius 1 is 0.265 bits per heavy atom. The Kier molecular flexibility index (Phi) is 9.54. The predicted molar refractivity (Wildman–Crippen MR) is 290 cm³/mol. The lowest BCUT2D eigenvalue weighted by atomic mass is 9.85. The summed E-state index contributed by atoms with van der Waals surface area (Å²) in [5.41, 5.74) is 16.4. The maximum atomic E-state index is 2.43. The molecule has 1 aromatic heterocycles. The minimum Gasteiger partial charge on any atom is -0.310 e. The van der Waals surface area contributed by atoms with Crippen LogP contribution in [0.15, 0.2) is 267 Å². The molecule has 0 saturated heterocycles. The topological polar surface area (TPSA) is 8.17 Å². The molecule has 0 N–H and O–H groups in total. The third-order valence-corrected chi connectivity index (χ3v) is 13.7. The fourth-order valence-corrected chi connectivity index (χ4v) is 10.7. The molecule has 0 aliphatic rings. The summed E-state index contributed by atoms with van der Waals surface area (Å²) in [5, 5.41) is 9.89. The highest BCUT2D eigenvalue weighted by Crippen LogP contribution is 2.48. The Labute approximate surface area is 395 Å². The molecular formula is C66H44N2. The zero-order chi connectivity index (χ0) is 45.0. The summed E-state index contributed by atoms with van der Waals surface area (Å²) in [7, 11) is 0. The van der Waals surface area contributed by atoms with Crippen LogP contribution in [0.25, 0.3) is 104 Å². The highest BCUT2D eigenvalue weighted by molar-refractivity contribution is 6.22. The van der Waals surface area contributed by atoms with E-state index in [0.717, 1.165) is 22.7 Å². The van der Waals surface area contributed by atoms with Crippen molar-refractivity contribution in [2.75, 3.05) is 4.90 Å². The van der Waals surface area contributed by atoms with Gasteiger partial charge in [-0.25, -0.2) is 0 Å². The smallest absolute Gasteiger partial charge is 0.0547 e. The van der Waals surface area contributed by atoms with Gasteiger partial charge in [-0.2, -0.15) is 0 Å². The second-order valence-electron chi connectivity index (χ2n) is 17.6. The minimum atomic E-state index is 1.08. The molecule has 13 aromatic rings. The van der Waals surface area contributed by atoms with E-state index in [4.69, 9.17) is 0 Å². The molecule has 12 aromatic carbocycles. The van der Waals surface area contributed by atoms with Crippen LogP contribution in [0.5, 0.6) is 0 Å². The first-order valence-corrected chi connectivity index (χ1v) is 23.4. The number of fused-ring (bicyclic) bond motifs is 7. The van der Waals surface area contributed by atoms with Crippen molar-refractivity contribution in [1.29, 1.82) is 0 Å². The van der Waals surface area contributed by atoms with Crippen LogP contribution >= 0.6 is 0 Å². The van der Waals surface area contributed by atoms with Gasteiger partial charge in [-0.15, -0.1) is 0 Å². The van der Waals surface area contributed by atoms with Gasteiger partial charge in [0, 0.05) is 33.5 Å². The molecule has 13 rings (SSSR count). The SMILES string of the molecule is c1ccc(-c2c(-c3ccccc3)c3cc(N(c4ccc(-c5cccc6c5c5ccccc5n6-c5ccccc5)cc4)c4cccc(-c5ccc6ccccc6c5)c4)ccc3c3ccccc23)cc1. The second kappa shape index (κ2) is 16.5. The molecule has 2 heteroatoms. The third-order valence-electron chi connectivity index (χ3n) is 13.7. The Morgan fingerprint density at radius 3 is 1.56 bits per heavy atom. The van der Waals surface area contributed by atoms with Gasteiger partial charge in [0.2, 0.25) is 0 Å². The maximum absolute atomic E-state index is 2.43. The molecule has 2 nitrogen and oxygen atoms in total. The number of hydrogen-bond donors (Lipinski definition) is 0. The van der Waals surface area contributed by atoms with E-state index in [1.165, 1.54) is 98.6 Å². The number of hydrogen-bond acceptors (Lipinski definition) is 1. The number of anilines is 3. The van der Waals surface area contributed by atoms with E-state index in [1.54, 1.807) is 0 Å². The van der Waals surface area contributed by atoms with Crippen LogP contribution in [0, 0.1) is 0 Å². The van der Waals surface area contributed by atoms with Crippen LogP contribution in [-0.2, 0) is 0 Å². The Balaban J connectivity index is 1.03. The van der Waals surface area contributed by atoms with Gasteiger partial charge in [0.25, 0.3) is 0 Å². The first kappa shape index (κ1) is 39.4. The predicted octanol–water partition coefficient (Wildman–Crippen LogP) is 18.4. The molecule has 0 unspecified atom stereocenters. The van der Waals surface area contributed by atoms with Crippen molar-refractivity contribution >= 4 is 71.2 Å². The summed E-state index contributed by atoms with van der Waals surface area (Å²) in [6.45, 7) is 0. The first-order chi connectivity index (χ1) is 33.7. The fraction of sp³-hybridized carbons (Fsp3) is 0. The molecule has 0 aliphatic heterocycles. The van der Waals surface area contributed by atoms with E-state index in [-0.39, 0.29) is 0 Å². The fourth-order valence-electron chi connectivity index (χ4n) is 10.7. The minimum absolute atomic E-state index is 1.08. The Bertz CT molecular complexity index is 4000. The Hall–Kier alpha value is -8.98. The van der Waals surface area contributed by atoms with Gasteiger partial charge in [-0.1, -0.05) is 200 Å². The molecule has 68 heavy (non-hydrogen) atoms. The van der Waals surface area contributed by atoms with Gasteiger partial charge in [0.1, 0.15) is 0 Å². The van der Waals surface area contributed by atoms with Crippen molar-refractivity contribution in [2.45, 2.75) is 0 Å². The molecular weight excluding hydrogens is 821 g/mol. The monoisotopic (exact) mass is 864 g/mol. The number of benzene rings is 12. The largest absolute Gasteiger partial charge is 0.310 e. The van der Waals surface area contributed by atoms with Crippen LogP contribution in [-0.4, -0.2) is 4.57 Å². The molecule has 0 aliphatic carbocycles. The van der Waals surface area contributed by atoms with E-state index >= 15 is 0 Å². The lowest BCUT2D eigenvalue weighted by Gasteiger charge is -2.27.